The summed E-state index contributed by atoms with van der Waals surface area (Å²) in [6.45, 7) is 1.56. The van der Waals surface area contributed by atoms with E-state index in [4.69, 9.17) is 20.4 Å². The van der Waals surface area contributed by atoms with Crippen molar-refractivity contribution in [3.05, 3.63) is 0 Å². The Labute approximate surface area is 64.9 Å². The van der Waals surface area contributed by atoms with E-state index in [1.807, 2.05) is 0 Å². The lowest BCUT2D eigenvalue weighted by molar-refractivity contribution is -0.225. The summed E-state index contributed by atoms with van der Waals surface area (Å²) in [6, 6.07) is 0. The van der Waals surface area contributed by atoms with Gasteiger partial charge >= 0.3 is 0 Å². The molecule has 0 saturated heterocycles. The zero-order chi connectivity index (χ0) is 9.12. The van der Waals surface area contributed by atoms with Gasteiger partial charge in [0.2, 0.25) is 0 Å². The van der Waals surface area contributed by atoms with Crippen LogP contribution < -0.4 is 0 Å². The quantitative estimate of drug-likeness (QED) is 0.378. The van der Waals surface area contributed by atoms with Crippen LogP contribution in [-0.4, -0.2) is 45.2 Å². The Morgan fingerprint density at radius 2 is 1.18 bits per heavy atom. The first kappa shape index (κ1) is 10.8. The smallest absolute Gasteiger partial charge is 0.183 e. The van der Waals surface area contributed by atoms with Gasteiger partial charge in [0.05, 0.1) is 0 Å². The molecule has 5 heteroatoms. The van der Waals surface area contributed by atoms with Gasteiger partial charge in [0.1, 0.15) is 13.2 Å². The molecule has 68 valence electrons. The standard InChI is InChI=1S/C6H14O5/c1-5(7,8)3-11-4-6(2,9)10/h7-10H,3-4H2,1-2H3. The first-order valence-electron chi connectivity index (χ1n) is 3.18. The van der Waals surface area contributed by atoms with Crippen molar-refractivity contribution in [1.82, 2.24) is 0 Å². The van der Waals surface area contributed by atoms with E-state index in [-0.39, 0.29) is 13.2 Å². The van der Waals surface area contributed by atoms with Gasteiger partial charge in [-0.25, -0.2) is 0 Å². The van der Waals surface area contributed by atoms with E-state index < -0.39 is 11.6 Å². The number of aliphatic hydroxyl groups is 4. The normalized spacial score (nSPS) is 13.6. The average molecular weight is 166 g/mol. The van der Waals surface area contributed by atoms with Gasteiger partial charge in [0.25, 0.3) is 0 Å². The van der Waals surface area contributed by atoms with Gasteiger partial charge in [0, 0.05) is 0 Å². The molecule has 0 saturated carbocycles. The molecule has 0 amide bonds. The number of rotatable bonds is 4. The van der Waals surface area contributed by atoms with Gasteiger partial charge in [-0.1, -0.05) is 0 Å². The summed E-state index contributed by atoms with van der Waals surface area (Å²) in [5.41, 5.74) is 0. The monoisotopic (exact) mass is 166 g/mol. The van der Waals surface area contributed by atoms with Gasteiger partial charge in [-0.05, 0) is 13.8 Å². The fraction of sp³-hybridized carbons (Fsp3) is 1.00. The second-order valence-electron chi connectivity index (χ2n) is 2.93. The molecule has 0 bridgehead atoms. The molecule has 0 aromatic carbocycles. The maximum Gasteiger partial charge on any atom is 0.183 e. The molecule has 0 rings (SSSR count). The lowest BCUT2D eigenvalue weighted by Crippen LogP contribution is -2.35. The molecule has 0 atom stereocenters. The Balaban J connectivity index is 3.44. The van der Waals surface area contributed by atoms with E-state index in [1.165, 1.54) is 0 Å². The topological polar surface area (TPSA) is 90.2 Å². The Bertz CT molecular complexity index is 95.1. The molecule has 11 heavy (non-hydrogen) atoms. The van der Waals surface area contributed by atoms with Crippen LogP contribution >= 0.6 is 0 Å². The van der Waals surface area contributed by atoms with Crippen LogP contribution in [0.15, 0.2) is 0 Å². The van der Waals surface area contributed by atoms with E-state index in [9.17, 15) is 0 Å². The third-order valence-corrected chi connectivity index (χ3v) is 0.751. The zero-order valence-electron chi connectivity index (χ0n) is 6.61. The highest BCUT2D eigenvalue weighted by Gasteiger charge is 2.19. The zero-order valence-corrected chi connectivity index (χ0v) is 6.61. The third-order valence-electron chi connectivity index (χ3n) is 0.751. The first-order chi connectivity index (χ1) is 4.71. The lowest BCUT2D eigenvalue weighted by atomic mass is 10.3. The molecule has 4 N–H and O–H groups in total. The van der Waals surface area contributed by atoms with E-state index in [2.05, 4.69) is 4.74 Å². The van der Waals surface area contributed by atoms with Crippen molar-refractivity contribution < 1.29 is 25.2 Å². The van der Waals surface area contributed by atoms with Crippen LogP contribution in [0.1, 0.15) is 13.8 Å². The summed E-state index contributed by atoms with van der Waals surface area (Å²) >= 11 is 0. The largest absolute Gasteiger partial charge is 0.370 e. The highest BCUT2D eigenvalue weighted by atomic mass is 16.6. The van der Waals surface area contributed by atoms with Gasteiger partial charge in [-0.3, -0.25) is 0 Å². The lowest BCUT2D eigenvalue weighted by Gasteiger charge is -2.20. The van der Waals surface area contributed by atoms with Crippen LogP contribution in [-0.2, 0) is 4.74 Å². The minimum absolute atomic E-state index is 0.357. The first-order valence-corrected chi connectivity index (χ1v) is 3.18. The minimum Gasteiger partial charge on any atom is -0.370 e. The summed E-state index contributed by atoms with van der Waals surface area (Å²) < 4.78 is 4.56. The molecular formula is C6H14O5. The van der Waals surface area contributed by atoms with Gasteiger partial charge in [-0.2, -0.15) is 0 Å². The van der Waals surface area contributed by atoms with Crippen LogP contribution in [0, 0.1) is 0 Å². The molecule has 5 nitrogen and oxygen atoms in total. The molecule has 0 aromatic heterocycles. The van der Waals surface area contributed by atoms with Crippen molar-refractivity contribution in [3.63, 3.8) is 0 Å². The van der Waals surface area contributed by atoms with Crippen molar-refractivity contribution in [3.8, 4) is 0 Å². The number of ether oxygens (including phenoxy) is 1. The van der Waals surface area contributed by atoms with Crippen LogP contribution in [0.2, 0.25) is 0 Å². The van der Waals surface area contributed by atoms with Crippen LogP contribution in [0.25, 0.3) is 0 Å². The van der Waals surface area contributed by atoms with Crippen molar-refractivity contribution in [2.45, 2.75) is 25.4 Å². The maximum atomic E-state index is 8.68. The molecule has 0 aliphatic carbocycles. The molecular weight excluding hydrogens is 152 g/mol. The fourth-order valence-electron chi connectivity index (χ4n) is 0.438. The van der Waals surface area contributed by atoms with Gasteiger partial charge in [0.15, 0.2) is 11.6 Å². The molecule has 0 fully saturated rings. The predicted octanol–water partition coefficient (Wildman–Crippen LogP) is -1.60. The Hall–Kier alpha value is -0.200. The molecule has 0 aromatic rings. The molecule has 0 radical (unpaired) electrons. The van der Waals surface area contributed by atoms with E-state index in [0.717, 1.165) is 13.8 Å². The van der Waals surface area contributed by atoms with Gasteiger partial charge in [-0.15, -0.1) is 0 Å². The Morgan fingerprint density at radius 1 is 0.909 bits per heavy atom. The van der Waals surface area contributed by atoms with E-state index in [0.29, 0.717) is 0 Å². The fourth-order valence-corrected chi connectivity index (χ4v) is 0.438. The van der Waals surface area contributed by atoms with Crippen molar-refractivity contribution in [1.29, 1.82) is 0 Å². The Morgan fingerprint density at radius 3 is 1.36 bits per heavy atom. The number of hydrogen-bond donors (Lipinski definition) is 4. The summed E-state index contributed by atoms with van der Waals surface area (Å²) in [5.74, 6) is -3.85. The number of hydrogen-bond acceptors (Lipinski definition) is 5. The highest BCUT2D eigenvalue weighted by Crippen LogP contribution is 2.01. The molecule has 0 aliphatic rings. The van der Waals surface area contributed by atoms with E-state index in [1.54, 1.807) is 0 Å². The van der Waals surface area contributed by atoms with Crippen molar-refractivity contribution >= 4 is 0 Å². The van der Waals surface area contributed by atoms with Crippen LogP contribution in [0.4, 0.5) is 0 Å². The maximum absolute atomic E-state index is 8.68. The summed E-state index contributed by atoms with van der Waals surface area (Å²) in [6.07, 6.45) is 0. The molecule has 0 spiro atoms. The minimum atomic E-state index is -1.93. The summed E-state index contributed by atoms with van der Waals surface area (Å²) in [4.78, 5) is 0. The highest BCUT2D eigenvalue weighted by molar-refractivity contribution is 4.57. The van der Waals surface area contributed by atoms with Gasteiger partial charge < -0.3 is 25.2 Å². The summed E-state index contributed by atoms with van der Waals surface area (Å²) in [7, 11) is 0. The average Bonchev–Trinajstić information content (AvgIpc) is 1.55. The SMILES string of the molecule is CC(O)(O)COCC(C)(O)O. The van der Waals surface area contributed by atoms with E-state index >= 15 is 0 Å². The molecule has 0 unspecified atom stereocenters. The third kappa shape index (κ3) is 9.80. The van der Waals surface area contributed by atoms with Crippen LogP contribution in [0.5, 0.6) is 0 Å². The van der Waals surface area contributed by atoms with Crippen molar-refractivity contribution in [2.24, 2.45) is 0 Å². The molecule has 0 heterocycles. The van der Waals surface area contributed by atoms with Crippen molar-refractivity contribution in [2.75, 3.05) is 13.2 Å². The predicted molar refractivity (Wildman–Crippen MR) is 36.5 cm³/mol. The second kappa shape index (κ2) is 3.46. The Kier molecular flexibility index (Phi) is 3.40. The second-order valence-corrected chi connectivity index (χ2v) is 2.93. The molecule has 0 aliphatic heterocycles. The van der Waals surface area contributed by atoms with Crippen LogP contribution in [0.3, 0.4) is 0 Å². The summed E-state index contributed by atoms with van der Waals surface area (Å²) in [5, 5.41) is 34.7.